The molecule has 0 spiro atoms. The fraction of sp³-hybridized carbons (Fsp3) is 0.226. The zero-order valence-corrected chi connectivity index (χ0v) is 23.5. The molecule has 0 saturated carbocycles. The molecule has 0 aliphatic heterocycles. The summed E-state index contributed by atoms with van der Waals surface area (Å²) in [4.78, 5) is 40.5. The van der Waals surface area contributed by atoms with E-state index < -0.39 is 17.4 Å². The van der Waals surface area contributed by atoms with Crippen molar-refractivity contribution in [3.63, 3.8) is 0 Å². The molecule has 2 aromatic heterocycles. The van der Waals surface area contributed by atoms with E-state index in [2.05, 4.69) is 24.3 Å². The Balaban J connectivity index is 1.66. The Morgan fingerprint density at radius 1 is 0.975 bits per heavy atom. The zero-order chi connectivity index (χ0) is 28.4. The van der Waals surface area contributed by atoms with Gasteiger partial charge in [0.15, 0.2) is 5.69 Å². The molecule has 5 aromatic rings. The summed E-state index contributed by atoms with van der Waals surface area (Å²) in [6.45, 7) is 8.25. The molecule has 9 heteroatoms. The van der Waals surface area contributed by atoms with Crippen LogP contribution in [-0.2, 0) is 4.74 Å². The van der Waals surface area contributed by atoms with Gasteiger partial charge in [0.1, 0.15) is 10.8 Å². The quantitative estimate of drug-likeness (QED) is 0.218. The molecule has 3 aromatic carbocycles. The van der Waals surface area contributed by atoms with E-state index >= 15 is 0 Å². The van der Waals surface area contributed by atoms with E-state index in [1.54, 1.807) is 30.5 Å². The second-order valence-corrected chi connectivity index (χ2v) is 10.3. The highest BCUT2D eigenvalue weighted by Gasteiger charge is 2.25. The highest BCUT2D eigenvalue weighted by Crippen LogP contribution is 2.34. The normalized spacial score (nSPS) is 11.2. The molecule has 0 saturated heterocycles. The molecule has 40 heavy (non-hydrogen) atoms. The number of fused-ring (bicyclic) bond motifs is 2. The van der Waals surface area contributed by atoms with Crippen LogP contribution in [-0.4, -0.2) is 34.9 Å². The van der Waals surface area contributed by atoms with Gasteiger partial charge in [-0.25, -0.2) is 4.79 Å². The summed E-state index contributed by atoms with van der Waals surface area (Å²) < 4.78 is 12.2. The number of thiophene rings is 1. The van der Waals surface area contributed by atoms with Crippen molar-refractivity contribution in [2.75, 3.05) is 18.5 Å². The van der Waals surface area contributed by atoms with Crippen molar-refractivity contribution in [2.45, 2.75) is 33.6 Å². The van der Waals surface area contributed by atoms with Crippen LogP contribution in [0.2, 0.25) is 0 Å². The number of hydrogen-bond acceptors (Lipinski definition) is 7. The molecular formula is C31H29N3O5S. The molecule has 1 amide bonds. The van der Waals surface area contributed by atoms with Gasteiger partial charge in [0, 0.05) is 10.8 Å². The Morgan fingerprint density at radius 3 is 2.42 bits per heavy atom. The Kier molecular flexibility index (Phi) is 7.66. The summed E-state index contributed by atoms with van der Waals surface area (Å²) in [5.74, 6) is -0.323. The lowest BCUT2D eigenvalue weighted by atomic mass is 10.0. The number of anilines is 1. The second kappa shape index (κ2) is 11.3. The van der Waals surface area contributed by atoms with Crippen molar-refractivity contribution in [1.29, 1.82) is 0 Å². The van der Waals surface area contributed by atoms with Gasteiger partial charge < -0.3 is 14.8 Å². The minimum atomic E-state index is -0.650. The number of ether oxygens (including phenoxy) is 2. The maximum Gasteiger partial charge on any atom is 0.359 e. The summed E-state index contributed by atoms with van der Waals surface area (Å²) >= 11 is 1.15. The number of nitrogens with zero attached hydrogens (tertiary/aromatic N) is 2. The van der Waals surface area contributed by atoms with Gasteiger partial charge in [-0.1, -0.05) is 56.3 Å². The maximum atomic E-state index is 13.8. The SMILES string of the molecule is CCOC(=O)c1nn(-c2ccc(C(C)C)cc2)c(=O)c2c(NC(=O)c3c(OCC)ccc4ccccc34)scc12. The Morgan fingerprint density at radius 2 is 1.73 bits per heavy atom. The smallest absolute Gasteiger partial charge is 0.359 e. The molecule has 5 rings (SSSR count). The van der Waals surface area contributed by atoms with Crippen LogP contribution in [0.25, 0.3) is 27.2 Å². The number of amides is 1. The third-order valence-electron chi connectivity index (χ3n) is 6.57. The van der Waals surface area contributed by atoms with Crippen molar-refractivity contribution >= 4 is 49.8 Å². The number of carbonyl (C=O) groups is 2. The first-order valence-electron chi connectivity index (χ1n) is 13.1. The number of carbonyl (C=O) groups excluding carboxylic acids is 2. The average Bonchev–Trinajstić information content (AvgIpc) is 3.37. The van der Waals surface area contributed by atoms with E-state index in [1.807, 2.05) is 49.4 Å². The van der Waals surface area contributed by atoms with Gasteiger partial charge in [0.05, 0.1) is 29.9 Å². The maximum absolute atomic E-state index is 13.8. The number of rotatable bonds is 8. The number of esters is 1. The molecule has 204 valence electrons. The molecule has 0 aliphatic rings. The number of hydrogen-bond donors (Lipinski definition) is 1. The largest absolute Gasteiger partial charge is 0.493 e. The van der Waals surface area contributed by atoms with Crippen LogP contribution in [0.1, 0.15) is 60.0 Å². The Hall–Kier alpha value is -4.50. The van der Waals surface area contributed by atoms with E-state index in [4.69, 9.17) is 9.47 Å². The van der Waals surface area contributed by atoms with Crippen molar-refractivity contribution in [3.05, 3.63) is 93.2 Å². The average molecular weight is 556 g/mol. The third-order valence-corrected chi connectivity index (χ3v) is 7.47. The van der Waals surface area contributed by atoms with Crippen LogP contribution in [0.4, 0.5) is 5.00 Å². The Labute approximate surface area is 235 Å². The van der Waals surface area contributed by atoms with Gasteiger partial charge in [-0.2, -0.15) is 9.78 Å². The molecule has 0 bridgehead atoms. The van der Waals surface area contributed by atoms with Gasteiger partial charge >= 0.3 is 5.97 Å². The monoisotopic (exact) mass is 555 g/mol. The standard InChI is InChI=1S/C31H29N3O5S/c1-5-38-24-16-13-20-9-7-8-10-22(20)25(24)28(35)32-29-26-23(17-40-29)27(31(37)39-6-2)33-34(30(26)36)21-14-11-19(12-15-21)18(3)4/h7-18H,5-6H2,1-4H3,(H,32,35). The zero-order valence-electron chi connectivity index (χ0n) is 22.7. The highest BCUT2D eigenvalue weighted by atomic mass is 32.1. The summed E-state index contributed by atoms with van der Waals surface area (Å²) in [5.41, 5.74) is 1.51. The van der Waals surface area contributed by atoms with E-state index in [1.165, 1.54) is 4.68 Å². The predicted molar refractivity (Wildman–Crippen MR) is 158 cm³/mol. The van der Waals surface area contributed by atoms with Crippen molar-refractivity contribution in [2.24, 2.45) is 0 Å². The van der Waals surface area contributed by atoms with Crippen molar-refractivity contribution in [1.82, 2.24) is 9.78 Å². The molecule has 0 aliphatic carbocycles. The van der Waals surface area contributed by atoms with Gasteiger partial charge in [0.2, 0.25) is 0 Å². The summed E-state index contributed by atoms with van der Waals surface area (Å²) in [7, 11) is 0. The molecule has 0 unspecified atom stereocenters. The van der Waals surface area contributed by atoms with Crippen LogP contribution < -0.4 is 15.6 Å². The predicted octanol–water partition coefficient (Wildman–Crippen LogP) is 6.55. The minimum absolute atomic E-state index is 0.00120. The highest BCUT2D eigenvalue weighted by molar-refractivity contribution is 7.16. The van der Waals surface area contributed by atoms with Gasteiger partial charge in [0.25, 0.3) is 11.5 Å². The molecule has 0 radical (unpaired) electrons. The van der Waals surface area contributed by atoms with Crippen molar-refractivity contribution < 1.29 is 19.1 Å². The second-order valence-electron chi connectivity index (χ2n) is 9.43. The van der Waals surface area contributed by atoms with E-state index in [0.717, 1.165) is 27.7 Å². The Bertz CT molecular complexity index is 1790. The lowest BCUT2D eigenvalue weighted by Crippen LogP contribution is -2.25. The minimum Gasteiger partial charge on any atom is -0.493 e. The lowest BCUT2D eigenvalue weighted by Gasteiger charge is -2.14. The summed E-state index contributed by atoms with van der Waals surface area (Å²) in [6, 6.07) is 18.6. The van der Waals surface area contributed by atoms with Gasteiger partial charge in [-0.3, -0.25) is 9.59 Å². The van der Waals surface area contributed by atoms with E-state index in [9.17, 15) is 14.4 Å². The van der Waals surface area contributed by atoms with Crippen LogP contribution in [0.15, 0.2) is 70.8 Å². The van der Waals surface area contributed by atoms with E-state index in [-0.39, 0.29) is 17.7 Å². The van der Waals surface area contributed by atoms with E-state index in [0.29, 0.717) is 39.9 Å². The van der Waals surface area contributed by atoms with Gasteiger partial charge in [-0.05, 0) is 54.3 Å². The third kappa shape index (κ3) is 4.96. The van der Waals surface area contributed by atoms with Crippen LogP contribution >= 0.6 is 11.3 Å². The number of aromatic nitrogens is 2. The topological polar surface area (TPSA) is 99.5 Å². The van der Waals surface area contributed by atoms with Crippen molar-refractivity contribution in [3.8, 4) is 11.4 Å². The summed E-state index contributed by atoms with van der Waals surface area (Å²) in [6.07, 6.45) is 0. The van der Waals surface area contributed by atoms with Crippen LogP contribution in [0.3, 0.4) is 0 Å². The first kappa shape index (κ1) is 27.1. The summed E-state index contributed by atoms with van der Waals surface area (Å²) in [5, 5.41) is 11.4. The molecule has 8 nitrogen and oxygen atoms in total. The number of benzene rings is 3. The molecule has 0 atom stereocenters. The first-order chi connectivity index (χ1) is 19.3. The fourth-order valence-electron chi connectivity index (χ4n) is 4.59. The molecule has 2 heterocycles. The van der Waals surface area contributed by atoms with Gasteiger partial charge in [-0.15, -0.1) is 11.3 Å². The van der Waals surface area contributed by atoms with Crippen LogP contribution in [0.5, 0.6) is 5.75 Å². The number of nitrogens with one attached hydrogen (secondary N) is 1. The fourth-order valence-corrected chi connectivity index (χ4v) is 5.53. The molecule has 1 N–H and O–H groups in total. The first-order valence-corrected chi connectivity index (χ1v) is 14.0. The lowest BCUT2D eigenvalue weighted by molar-refractivity contribution is 0.0520. The molecule has 0 fully saturated rings. The van der Waals surface area contributed by atoms with Crippen LogP contribution in [0, 0.1) is 0 Å². The molecular weight excluding hydrogens is 526 g/mol.